The lowest BCUT2D eigenvalue weighted by molar-refractivity contribution is -0.141. The molecule has 0 aliphatic heterocycles. The van der Waals surface area contributed by atoms with Gasteiger partial charge in [-0.05, 0) is 56.1 Å². The van der Waals surface area contributed by atoms with E-state index in [-0.39, 0.29) is 17.7 Å². The third kappa shape index (κ3) is 5.16. The quantitative estimate of drug-likeness (QED) is 0.606. The third-order valence-electron chi connectivity index (χ3n) is 5.79. The number of aryl methyl sites for hydroxylation is 1. The number of carbonyl (C=O) groups is 2. The Morgan fingerprint density at radius 1 is 1.31 bits per heavy atom. The van der Waals surface area contributed by atoms with Crippen molar-refractivity contribution >= 4 is 28.2 Å². The van der Waals surface area contributed by atoms with Crippen LogP contribution in [0.5, 0.6) is 0 Å². The Morgan fingerprint density at radius 3 is 2.56 bits per heavy atom. The van der Waals surface area contributed by atoms with Crippen LogP contribution in [0.1, 0.15) is 66.3 Å². The van der Waals surface area contributed by atoms with Gasteiger partial charge in [-0.2, -0.15) is 18.3 Å². The van der Waals surface area contributed by atoms with E-state index >= 15 is 0 Å². The van der Waals surface area contributed by atoms with Crippen molar-refractivity contribution in [2.75, 3.05) is 11.9 Å². The minimum absolute atomic E-state index is 0.114. The molecule has 1 aliphatic carbocycles. The number of hydrogen-bond donors (Lipinski definition) is 1. The number of nitrogens with one attached hydrogen (secondary N) is 1. The lowest BCUT2D eigenvalue weighted by Gasteiger charge is -2.33. The second-order valence-corrected chi connectivity index (χ2v) is 10.2. The number of rotatable bonds is 5. The molecule has 6 nitrogen and oxygen atoms in total. The van der Waals surface area contributed by atoms with Crippen LogP contribution in [0.25, 0.3) is 0 Å². The highest BCUT2D eigenvalue weighted by molar-refractivity contribution is 7.17. The zero-order valence-corrected chi connectivity index (χ0v) is 19.7. The molecule has 1 aliphatic rings. The van der Waals surface area contributed by atoms with E-state index < -0.39 is 30.3 Å². The summed E-state index contributed by atoms with van der Waals surface area (Å²) in [5.74, 6) is -0.606. The number of nitrogens with zero attached hydrogens (tertiary/aromatic N) is 2. The third-order valence-corrected chi connectivity index (χ3v) is 6.96. The normalized spacial score (nSPS) is 16.6. The maximum Gasteiger partial charge on any atom is 0.435 e. The van der Waals surface area contributed by atoms with Gasteiger partial charge in [0.2, 0.25) is 5.91 Å². The fourth-order valence-electron chi connectivity index (χ4n) is 3.94. The van der Waals surface area contributed by atoms with Gasteiger partial charge >= 0.3 is 12.1 Å². The second kappa shape index (κ2) is 8.88. The number of fused-ring (bicyclic) bond motifs is 1. The van der Waals surface area contributed by atoms with Crippen molar-refractivity contribution in [1.82, 2.24) is 9.78 Å². The van der Waals surface area contributed by atoms with Crippen molar-refractivity contribution < 1.29 is 27.5 Å². The smallest absolute Gasteiger partial charge is 0.435 e. The van der Waals surface area contributed by atoms with Crippen LogP contribution >= 0.6 is 11.3 Å². The summed E-state index contributed by atoms with van der Waals surface area (Å²) in [6.45, 7) is 9.54. The Labute approximate surface area is 189 Å². The Balaban J connectivity index is 1.86. The zero-order valence-electron chi connectivity index (χ0n) is 18.9. The summed E-state index contributed by atoms with van der Waals surface area (Å²) in [6, 6.07) is 0.897. The number of ether oxygens (including phenoxy) is 1. The van der Waals surface area contributed by atoms with Crippen LogP contribution in [0.2, 0.25) is 0 Å². The van der Waals surface area contributed by atoms with Crippen molar-refractivity contribution in [1.29, 1.82) is 0 Å². The van der Waals surface area contributed by atoms with E-state index in [4.69, 9.17) is 4.74 Å². The minimum Gasteiger partial charge on any atom is -0.462 e. The maximum atomic E-state index is 12.9. The molecular weight excluding hydrogens is 443 g/mol. The van der Waals surface area contributed by atoms with Gasteiger partial charge in [0.15, 0.2) is 5.69 Å². The van der Waals surface area contributed by atoms with Gasteiger partial charge in [0, 0.05) is 10.6 Å². The maximum absolute atomic E-state index is 12.9. The summed E-state index contributed by atoms with van der Waals surface area (Å²) < 4.78 is 44.9. The molecule has 1 atom stereocenters. The molecule has 2 aromatic rings. The lowest BCUT2D eigenvalue weighted by atomic mass is 9.72. The number of alkyl halides is 3. The average Bonchev–Trinajstić information content (AvgIpc) is 3.20. The van der Waals surface area contributed by atoms with Gasteiger partial charge in [0.25, 0.3) is 0 Å². The predicted octanol–water partition coefficient (Wildman–Crippen LogP) is 5.24. The number of amides is 1. The van der Waals surface area contributed by atoms with Crippen molar-refractivity contribution in [3.05, 3.63) is 33.5 Å². The van der Waals surface area contributed by atoms with Crippen LogP contribution in [0.15, 0.2) is 6.07 Å². The van der Waals surface area contributed by atoms with E-state index in [0.29, 0.717) is 22.9 Å². The first-order valence-corrected chi connectivity index (χ1v) is 11.4. The molecule has 2 aromatic heterocycles. The highest BCUT2D eigenvalue weighted by Crippen LogP contribution is 2.44. The van der Waals surface area contributed by atoms with Gasteiger partial charge in [0.1, 0.15) is 11.5 Å². The minimum atomic E-state index is -4.58. The number of aromatic nitrogens is 2. The van der Waals surface area contributed by atoms with Crippen LogP contribution < -0.4 is 5.32 Å². The van der Waals surface area contributed by atoms with Gasteiger partial charge in [-0.1, -0.05) is 20.8 Å². The molecule has 2 heterocycles. The summed E-state index contributed by atoms with van der Waals surface area (Å²) in [4.78, 5) is 26.4. The Bertz CT molecular complexity index is 1020. The molecule has 3 rings (SSSR count). The molecule has 0 saturated heterocycles. The highest BCUT2D eigenvalue weighted by atomic mass is 32.1. The molecule has 32 heavy (non-hydrogen) atoms. The van der Waals surface area contributed by atoms with Crippen LogP contribution in [-0.4, -0.2) is 28.3 Å². The lowest BCUT2D eigenvalue weighted by Crippen LogP contribution is -2.26. The first-order chi connectivity index (χ1) is 14.8. The van der Waals surface area contributed by atoms with E-state index in [2.05, 4.69) is 31.2 Å². The molecule has 0 unspecified atom stereocenters. The van der Waals surface area contributed by atoms with Crippen molar-refractivity contribution in [3.63, 3.8) is 0 Å². The van der Waals surface area contributed by atoms with Gasteiger partial charge in [-0.25, -0.2) is 4.79 Å². The van der Waals surface area contributed by atoms with Crippen molar-refractivity contribution in [3.8, 4) is 0 Å². The molecule has 10 heteroatoms. The summed E-state index contributed by atoms with van der Waals surface area (Å²) in [5.41, 5.74) is 0.550. The van der Waals surface area contributed by atoms with Crippen molar-refractivity contribution in [2.45, 2.75) is 66.6 Å². The Kier molecular flexibility index (Phi) is 6.74. The standard InChI is InChI=1S/C22H28F3N3O3S/c1-6-31-20(30)18-14-8-7-13(21(3,4)5)10-15(14)32-19(18)26-17(29)11-28-12(2)9-16(27-28)22(23,24)25/h9,13H,6-8,10-11H2,1-5H3,(H,26,29)/t13-/m1/s1. The van der Waals surface area contributed by atoms with Crippen molar-refractivity contribution in [2.24, 2.45) is 11.3 Å². The van der Waals surface area contributed by atoms with Gasteiger partial charge in [-0.15, -0.1) is 11.3 Å². The van der Waals surface area contributed by atoms with E-state index in [0.717, 1.165) is 34.0 Å². The highest BCUT2D eigenvalue weighted by Gasteiger charge is 2.36. The molecule has 0 saturated carbocycles. The van der Waals surface area contributed by atoms with E-state index in [1.54, 1.807) is 6.92 Å². The second-order valence-electron chi connectivity index (χ2n) is 9.11. The number of halogens is 3. The number of anilines is 1. The average molecular weight is 472 g/mol. The monoisotopic (exact) mass is 471 g/mol. The Morgan fingerprint density at radius 2 is 2.00 bits per heavy atom. The molecule has 0 aromatic carbocycles. The summed E-state index contributed by atoms with van der Waals surface area (Å²) in [7, 11) is 0. The molecule has 0 spiro atoms. The van der Waals surface area contributed by atoms with Gasteiger partial charge in [-0.3, -0.25) is 9.48 Å². The predicted molar refractivity (Wildman–Crippen MR) is 116 cm³/mol. The summed E-state index contributed by atoms with van der Waals surface area (Å²) in [6.07, 6.45) is -2.14. The topological polar surface area (TPSA) is 73.2 Å². The van der Waals surface area contributed by atoms with Gasteiger partial charge < -0.3 is 10.1 Å². The fourth-order valence-corrected chi connectivity index (χ4v) is 5.27. The zero-order chi connectivity index (χ0) is 23.8. The van der Waals surface area contributed by atoms with E-state index in [1.165, 1.54) is 18.3 Å². The molecule has 0 fully saturated rings. The number of carbonyl (C=O) groups excluding carboxylic acids is 2. The molecule has 1 N–H and O–H groups in total. The van der Waals surface area contributed by atoms with Gasteiger partial charge in [0.05, 0.1) is 12.2 Å². The molecule has 176 valence electrons. The first kappa shape index (κ1) is 24.3. The van der Waals surface area contributed by atoms with E-state index in [9.17, 15) is 22.8 Å². The number of thiophene rings is 1. The van der Waals surface area contributed by atoms with Crippen LogP contribution in [0, 0.1) is 18.3 Å². The molecular formula is C22H28F3N3O3S. The van der Waals surface area contributed by atoms with Crippen LogP contribution in [0.4, 0.5) is 18.2 Å². The van der Waals surface area contributed by atoms with Crippen LogP contribution in [0.3, 0.4) is 0 Å². The van der Waals surface area contributed by atoms with Crippen LogP contribution in [-0.2, 0) is 35.1 Å². The Hall–Kier alpha value is -2.36. The fraction of sp³-hybridized carbons (Fsp3) is 0.591. The summed E-state index contributed by atoms with van der Waals surface area (Å²) in [5, 5.41) is 6.60. The first-order valence-electron chi connectivity index (χ1n) is 10.5. The number of hydrogen-bond acceptors (Lipinski definition) is 5. The van der Waals surface area contributed by atoms with E-state index in [1.807, 2.05) is 0 Å². The summed E-state index contributed by atoms with van der Waals surface area (Å²) >= 11 is 1.35. The molecule has 0 radical (unpaired) electrons. The molecule has 1 amide bonds. The number of esters is 1. The SMILES string of the molecule is CCOC(=O)c1c(NC(=O)Cn2nc(C(F)(F)F)cc2C)sc2c1CC[C@@H](C(C)(C)C)C2. The largest absolute Gasteiger partial charge is 0.462 e. The molecule has 0 bridgehead atoms.